The highest BCUT2D eigenvalue weighted by atomic mass is 16.6. The van der Waals surface area contributed by atoms with Crippen molar-refractivity contribution in [1.29, 1.82) is 0 Å². The van der Waals surface area contributed by atoms with Crippen molar-refractivity contribution in [2.24, 2.45) is 17.8 Å². The summed E-state index contributed by atoms with van der Waals surface area (Å²) < 4.78 is 5.93. The maximum atomic E-state index is 11.2. The summed E-state index contributed by atoms with van der Waals surface area (Å²) in [5.41, 5.74) is -0.705. The summed E-state index contributed by atoms with van der Waals surface area (Å²) in [6, 6.07) is 0. The largest absolute Gasteiger partial charge is 0.393 e. The van der Waals surface area contributed by atoms with E-state index in [9.17, 15) is 15.3 Å². The van der Waals surface area contributed by atoms with Gasteiger partial charge in [0.1, 0.15) is 0 Å². The molecule has 0 aromatic rings. The van der Waals surface area contributed by atoms with E-state index in [-0.39, 0.29) is 30.1 Å². The normalized spacial score (nSPS) is 51.3. The van der Waals surface area contributed by atoms with Crippen LogP contribution in [0.3, 0.4) is 0 Å². The lowest BCUT2D eigenvalue weighted by Gasteiger charge is -2.38. The maximum absolute atomic E-state index is 11.2. The number of rotatable bonds is 2. The molecule has 0 spiro atoms. The Bertz CT molecular complexity index is 512. The van der Waals surface area contributed by atoms with Crippen LogP contribution in [0, 0.1) is 17.8 Å². The first-order chi connectivity index (χ1) is 11.1. The van der Waals surface area contributed by atoms with Crippen LogP contribution in [0.15, 0.2) is 11.6 Å². The SMILES string of the molecule is CC(C)/C1=C\[C@@H]2[C@H](CC[C@@]2(C)O)[C@@](O)(CO)CC[C@@H]2O[C@@]2(C)CC1. The molecule has 0 unspecified atom stereocenters. The molecule has 1 saturated carbocycles. The molecule has 0 radical (unpaired) electrons. The van der Waals surface area contributed by atoms with Gasteiger partial charge >= 0.3 is 0 Å². The minimum Gasteiger partial charge on any atom is -0.393 e. The number of hydrogen-bond acceptors (Lipinski definition) is 4. The van der Waals surface area contributed by atoms with Gasteiger partial charge in [0.05, 0.1) is 29.5 Å². The van der Waals surface area contributed by atoms with Crippen LogP contribution in [0.4, 0.5) is 0 Å². The lowest BCUT2D eigenvalue weighted by molar-refractivity contribution is -0.0907. The average Bonchev–Trinajstić information content (AvgIpc) is 3.05. The van der Waals surface area contributed by atoms with Gasteiger partial charge in [0.2, 0.25) is 0 Å². The monoisotopic (exact) mass is 338 g/mol. The van der Waals surface area contributed by atoms with Crippen LogP contribution in [0.1, 0.15) is 66.2 Å². The molecule has 4 heteroatoms. The maximum Gasteiger partial charge on any atom is 0.0923 e. The lowest BCUT2D eigenvalue weighted by atomic mass is 9.73. The van der Waals surface area contributed by atoms with Crippen molar-refractivity contribution >= 4 is 0 Å². The van der Waals surface area contributed by atoms with Gasteiger partial charge in [-0.15, -0.1) is 0 Å². The van der Waals surface area contributed by atoms with Crippen LogP contribution in [-0.4, -0.2) is 44.8 Å². The molecule has 24 heavy (non-hydrogen) atoms. The minimum absolute atomic E-state index is 0.0910. The van der Waals surface area contributed by atoms with E-state index in [0.29, 0.717) is 18.8 Å². The Labute approximate surface area is 145 Å². The van der Waals surface area contributed by atoms with Crippen LogP contribution in [0.25, 0.3) is 0 Å². The van der Waals surface area contributed by atoms with E-state index < -0.39 is 11.2 Å². The fourth-order valence-electron chi connectivity index (χ4n) is 4.95. The first kappa shape index (κ1) is 18.4. The highest BCUT2D eigenvalue weighted by Gasteiger charge is 2.55. The van der Waals surface area contributed by atoms with E-state index in [4.69, 9.17) is 4.74 Å². The second kappa shape index (κ2) is 6.08. The van der Waals surface area contributed by atoms with Crippen LogP contribution in [0.2, 0.25) is 0 Å². The molecular weight excluding hydrogens is 304 g/mol. The lowest BCUT2D eigenvalue weighted by Crippen LogP contribution is -2.46. The molecule has 0 bridgehead atoms. The van der Waals surface area contributed by atoms with E-state index in [1.807, 2.05) is 6.92 Å². The third kappa shape index (κ3) is 3.18. The van der Waals surface area contributed by atoms with Gasteiger partial charge in [-0.05, 0) is 64.2 Å². The van der Waals surface area contributed by atoms with Crippen molar-refractivity contribution in [3.63, 3.8) is 0 Å². The number of fused-ring (bicyclic) bond motifs is 2. The summed E-state index contributed by atoms with van der Waals surface area (Å²) in [5, 5.41) is 32.1. The van der Waals surface area contributed by atoms with Gasteiger partial charge in [0, 0.05) is 5.92 Å². The summed E-state index contributed by atoms with van der Waals surface area (Å²) in [7, 11) is 0. The highest BCUT2D eigenvalue weighted by Crippen LogP contribution is 2.51. The van der Waals surface area contributed by atoms with Crippen molar-refractivity contribution in [2.75, 3.05) is 6.61 Å². The van der Waals surface area contributed by atoms with Crippen LogP contribution in [0.5, 0.6) is 0 Å². The molecular formula is C20H34O4. The van der Waals surface area contributed by atoms with Crippen molar-refractivity contribution in [3.05, 3.63) is 11.6 Å². The van der Waals surface area contributed by atoms with Gasteiger partial charge in [0.25, 0.3) is 0 Å². The predicted octanol–water partition coefficient (Wildman–Crippen LogP) is 2.80. The molecule has 1 saturated heterocycles. The fraction of sp³-hybridized carbons (Fsp3) is 0.900. The summed E-state index contributed by atoms with van der Waals surface area (Å²) in [6.07, 6.45) is 7.09. The minimum atomic E-state index is -1.14. The number of ether oxygens (including phenoxy) is 1. The molecule has 3 rings (SSSR count). The smallest absolute Gasteiger partial charge is 0.0923 e. The Kier molecular flexibility index (Phi) is 4.66. The van der Waals surface area contributed by atoms with Gasteiger partial charge < -0.3 is 20.1 Å². The van der Waals surface area contributed by atoms with Crippen LogP contribution >= 0.6 is 0 Å². The van der Waals surface area contributed by atoms with Crippen LogP contribution < -0.4 is 0 Å². The first-order valence-electron chi connectivity index (χ1n) is 9.55. The third-order valence-electron chi connectivity index (χ3n) is 7.00. The molecule has 2 fully saturated rings. The molecule has 4 nitrogen and oxygen atoms in total. The zero-order valence-electron chi connectivity index (χ0n) is 15.6. The number of epoxide rings is 1. The Balaban J connectivity index is 1.99. The number of hydrogen-bond donors (Lipinski definition) is 3. The highest BCUT2D eigenvalue weighted by molar-refractivity contribution is 5.18. The Morgan fingerprint density at radius 3 is 2.50 bits per heavy atom. The van der Waals surface area contributed by atoms with E-state index in [1.165, 1.54) is 5.57 Å². The van der Waals surface area contributed by atoms with Gasteiger partial charge in [-0.25, -0.2) is 0 Å². The molecule has 1 aliphatic heterocycles. The van der Waals surface area contributed by atoms with E-state index in [1.54, 1.807) is 0 Å². The molecule has 138 valence electrons. The second-order valence-corrected chi connectivity index (χ2v) is 9.14. The number of allylic oxidation sites excluding steroid dienone is 1. The van der Waals surface area contributed by atoms with Crippen molar-refractivity contribution < 1.29 is 20.1 Å². The molecule has 0 aromatic heterocycles. The van der Waals surface area contributed by atoms with Gasteiger partial charge in [-0.3, -0.25) is 0 Å². The van der Waals surface area contributed by atoms with E-state index >= 15 is 0 Å². The standard InChI is InChI=1S/C20H34O4/c1-13(2)14-5-9-19(4)17(24-19)7-10-20(23,12-21)15-6-8-18(3,22)16(15)11-14/h11,13,15-17,21-23H,5-10,12H2,1-4H3/b14-11-/t15-,16+,17-,18+,19-,20-/m0/s1. The summed E-state index contributed by atoms with van der Waals surface area (Å²) in [5.74, 6) is 0.204. The Morgan fingerprint density at radius 2 is 1.88 bits per heavy atom. The van der Waals surface area contributed by atoms with Crippen molar-refractivity contribution in [1.82, 2.24) is 0 Å². The first-order valence-corrected chi connectivity index (χ1v) is 9.55. The van der Waals surface area contributed by atoms with Gasteiger partial charge in [-0.2, -0.15) is 0 Å². The fourth-order valence-corrected chi connectivity index (χ4v) is 4.95. The second-order valence-electron chi connectivity index (χ2n) is 9.14. The molecule has 6 atom stereocenters. The molecule has 0 aromatic carbocycles. The summed E-state index contributed by atoms with van der Waals surface area (Å²) >= 11 is 0. The molecule has 2 aliphatic carbocycles. The topological polar surface area (TPSA) is 73.2 Å². The van der Waals surface area contributed by atoms with E-state index in [0.717, 1.165) is 25.7 Å². The Hall–Kier alpha value is -0.420. The van der Waals surface area contributed by atoms with Gasteiger partial charge in [-0.1, -0.05) is 25.5 Å². The number of aliphatic hydroxyl groups excluding tert-OH is 1. The molecule has 3 aliphatic rings. The predicted molar refractivity (Wildman–Crippen MR) is 93.5 cm³/mol. The van der Waals surface area contributed by atoms with Crippen LogP contribution in [-0.2, 0) is 4.74 Å². The van der Waals surface area contributed by atoms with Crippen molar-refractivity contribution in [3.8, 4) is 0 Å². The number of aliphatic hydroxyl groups is 3. The van der Waals surface area contributed by atoms with Crippen molar-refractivity contribution in [2.45, 2.75) is 89.1 Å². The zero-order chi connectivity index (χ0) is 17.8. The average molecular weight is 338 g/mol. The molecule has 1 heterocycles. The zero-order valence-corrected chi connectivity index (χ0v) is 15.6. The molecule has 0 amide bonds. The summed E-state index contributed by atoms with van der Waals surface area (Å²) in [6.45, 7) is 8.17. The quantitative estimate of drug-likeness (QED) is 0.535. The molecule has 3 N–H and O–H groups in total. The van der Waals surface area contributed by atoms with E-state index in [2.05, 4.69) is 26.8 Å². The Morgan fingerprint density at radius 1 is 1.17 bits per heavy atom. The third-order valence-corrected chi connectivity index (χ3v) is 7.00. The summed E-state index contributed by atoms with van der Waals surface area (Å²) in [4.78, 5) is 0. The van der Waals surface area contributed by atoms with Gasteiger partial charge in [0.15, 0.2) is 0 Å².